The Bertz CT molecular complexity index is 610. The van der Waals surface area contributed by atoms with E-state index in [0.717, 1.165) is 0 Å². The van der Waals surface area contributed by atoms with Gasteiger partial charge in [-0.2, -0.15) is 0 Å². The molecule has 0 aromatic heterocycles. The minimum Gasteiger partial charge on any atom is -0.497 e. The van der Waals surface area contributed by atoms with Crippen LogP contribution in [0.25, 0.3) is 0 Å². The SMILES string of the molecule is COc1ccc(OC)c(NC(=O)C2CCN(C(=O)NC(C)C)CC2)c1. The third kappa shape index (κ3) is 5.01. The normalized spacial score (nSPS) is 15.0. The maximum atomic E-state index is 12.6. The summed E-state index contributed by atoms with van der Waals surface area (Å²) in [5.41, 5.74) is 0.590. The topological polar surface area (TPSA) is 79.9 Å². The lowest BCUT2D eigenvalue weighted by atomic mass is 9.96. The number of benzene rings is 1. The summed E-state index contributed by atoms with van der Waals surface area (Å²) in [5, 5.41) is 5.80. The molecule has 0 saturated carbocycles. The van der Waals surface area contributed by atoms with Crippen molar-refractivity contribution in [2.24, 2.45) is 5.92 Å². The highest BCUT2D eigenvalue weighted by atomic mass is 16.5. The van der Waals surface area contributed by atoms with Gasteiger partial charge in [0.2, 0.25) is 5.91 Å². The number of carbonyl (C=O) groups is 2. The number of nitrogens with zero attached hydrogens (tertiary/aromatic N) is 1. The molecule has 0 spiro atoms. The summed E-state index contributed by atoms with van der Waals surface area (Å²) in [5.74, 6) is 1.05. The quantitative estimate of drug-likeness (QED) is 0.856. The van der Waals surface area contributed by atoms with E-state index in [4.69, 9.17) is 9.47 Å². The van der Waals surface area contributed by atoms with Crippen molar-refractivity contribution in [3.8, 4) is 11.5 Å². The van der Waals surface area contributed by atoms with E-state index in [1.807, 2.05) is 13.8 Å². The molecule has 1 aromatic rings. The fourth-order valence-corrected chi connectivity index (χ4v) is 2.83. The minimum atomic E-state index is -0.126. The first kappa shape index (κ1) is 18.9. The molecule has 7 nitrogen and oxygen atoms in total. The van der Waals surface area contributed by atoms with Gasteiger partial charge >= 0.3 is 6.03 Å². The molecule has 1 aliphatic rings. The number of likely N-dealkylation sites (tertiary alicyclic amines) is 1. The Morgan fingerprint density at radius 3 is 2.40 bits per heavy atom. The summed E-state index contributed by atoms with van der Waals surface area (Å²) in [7, 11) is 3.13. The summed E-state index contributed by atoms with van der Waals surface area (Å²) in [6.07, 6.45) is 1.28. The third-order valence-corrected chi connectivity index (χ3v) is 4.23. The number of piperidine rings is 1. The van der Waals surface area contributed by atoms with Gasteiger partial charge in [-0.05, 0) is 38.8 Å². The molecule has 1 fully saturated rings. The van der Waals surface area contributed by atoms with Gasteiger partial charge in [0, 0.05) is 31.1 Å². The van der Waals surface area contributed by atoms with Gasteiger partial charge in [0.25, 0.3) is 0 Å². The van der Waals surface area contributed by atoms with Gasteiger partial charge in [-0.1, -0.05) is 0 Å². The van der Waals surface area contributed by atoms with Crippen LogP contribution in [0.3, 0.4) is 0 Å². The van der Waals surface area contributed by atoms with Gasteiger partial charge in [-0.25, -0.2) is 4.79 Å². The van der Waals surface area contributed by atoms with Crippen molar-refractivity contribution >= 4 is 17.6 Å². The van der Waals surface area contributed by atoms with E-state index < -0.39 is 0 Å². The molecule has 1 heterocycles. The van der Waals surface area contributed by atoms with Crippen LogP contribution in [0.15, 0.2) is 18.2 Å². The lowest BCUT2D eigenvalue weighted by molar-refractivity contribution is -0.121. The Morgan fingerprint density at radius 2 is 1.84 bits per heavy atom. The number of urea groups is 1. The molecule has 1 saturated heterocycles. The summed E-state index contributed by atoms with van der Waals surface area (Å²) >= 11 is 0. The number of amides is 3. The van der Waals surface area contributed by atoms with Crippen molar-refractivity contribution in [2.45, 2.75) is 32.7 Å². The van der Waals surface area contributed by atoms with E-state index in [-0.39, 0.29) is 23.9 Å². The van der Waals surface area contributed by atoms with E-state index in [9.17, 15) is 9.59 Å². The number of hydrogen-bond acceptors (Lipinski definition) is 4. The van der Waals surface area contributed by atoms with Gasteiger partial charge < -0.3 is 25.0 Å². The summed E-state index contributed by atoms with van der Waals surface area (Å²) in [6.45, 7) is 5.01. The van der Waals surface area contributed by atoms with Gasteiger partial charge in [-0.3, -0.25) is 4.79 Å². The molecule has 25 heavy (non-hydrogen) atoms. The van der Waals surface area contributed by atoms with Gasteiger partial charge in [0.05, 0.1) is 19.9 Å². The molecule has 0 aliphatic carbocycles. The van der Waals surface area contributed by atoms with Gasteiger partial charge in [0.1, 0.15) is 11.5 Å². The van der Waals surface area contributed by atoms with Crippen LogP contribution in [0.2, 0.25) is 0 Å². The molecule has 1 aromatic carbocycles. The van der Waals surface area contributed by atoms with Crippen molar-refractivity contribution in [2.75, 3.05) is 32.6 Å². The van der Waals surface area contributed by atoms with Crippen molar-refractivity contribution in [3.05, 3.63) is 18.2 Å². The number of methoxy groups -OCH3 is 2. The molecule has 0 radical (unpaired) electrons. The summed E-state index contributed by atoms with van der Waals surface area (Å²) < 4.78 is 10.5. The summed E-state index contributed by atoms with van der Waals surface area (Å²) in [4.78, 5) is 26.3. The number of rotatable bonds is 5. The van der Waals surface area contributed by atoms with E-state index in [2.05, 4.69) is 10.6 Å². The van der Waals surface area contributed by atoms with Crippen molar-refractivity contribution < 1.29 is 19.1 Å². The molecule has 2 N–H and O–H groups in total. The van der Waals surface area contributed by atoms with E-state index >= 15 is 0 Å². The number of ether oxygens (including phenoxy) is 2. The van der Waals surface area contributed by atoms with Crippen LogP contribution in [-0.2, 0) is 4.79 Å². The lowest BCUT2D eigenvalue weighted by Crippen LogP contribution is -2.47. The smallest absolute Gasteiger partial charge is 0.317 e. The second kappa shape index (κ2) is 8.60. The van der Waals surface area contributed by atoms with Crippen LogP contribution in [-0.4, -0.2) is 50.2 Å². The van der Waals surface area contributed by atoms with Crippen LogP contribution in [0.4, 0.5) is 10.5 Å². The first-order chi connectivity index (χ1) is 11.9. The number of hydrogen-bond donors (Lipinski definition) is 2. The van der Waals surface area contributed by atoms with Crippen LogP contribution in [0.5, 0.6) is 11.5 Å². The number of nitrogens with one attached hydrogen (secondary N) is 2. The lowest BCUT2D eigenvalue weighted by Gasteiger charge is -2.32. The fraction of sp³-hybridized carbons (Fsp3) is 0.556. The van der Waals surface area contributed by atoms with E-state index in [0.29, 0.717) is 43.1 Å². The Hall–Kier alpha value is -2.44. The average Bonchev–Trinajstić information content (AvgIpc) is 2.61. The predicted molar refractivity (Wildman–Crippen MR) is 96.1 cm³/mol. The maximum Gasteiger partial charge on any atom is 0.317 e. The van der Waals surface area contributed by atoms with Crippen molar-refractivity contribution in [1.29, 1.82) is 0 Å². The molecule has 0 atom stereocenters. The van der Waals surface area contributed by atoms with Crippen molar-refractivity contribution in [1.82, 2.24) is 10.2 Å². The van der Waals surface area contributed by atoms with Crippen LogP contribution < -0.4 is 20.1 Å². The highest BCUT2D eigenvalue weighted by Gasteiger charge is 2.28. The molecule has 0 bridgehead atoms. The fourth-order valence-electron chi connectivity index (χ4n) is 2.83. The summed E-state index contributed by atoms with van der Waals surface area (Å²) in [6, 6.07) is 5.31. The molecule has 1 aliphatic heterocycles. The molecule has 2 rings (SSSR count). The third-order valence-electron chi connectivity index (χ3n) is 4.23. The van der Waals surface area contributed by atoms with Crippen LogP contribution in [0, 0.1) is 5.92 Å². The Balaban J connectivity index is 1.94. The maximum absolute atomic E-state index is 12.6. The molecule has 138 valence electrons. The standard InChI is InChI=1S/C18H27N3O4/c1-12(2)19-18(23)21-9-7-13(8-10-21)17(22)20-15-11-14(24-3)5-6-16(15)25-4/h5-6,11-13H,7-10H2,1-4H3,(H,19,23)(H,20,22). The highest BCUT2D eigenvalue weighted by molar-refractivity contribution is 5.94. The molecular formula is C18H27N3O4. The van der Waals surface area contributed by atoms with E-state index in [1.165, 1.54) is 0 Å². The first-order valence-corrected chi connectivity index (χ1v) is 8.53. The highest BCUT2D eigenvalue weighted by Crippen LogP contribution is 2.30. The Kier molecular flexibility index (Phi) is 6.50. The zero-order valence-electron chi connectivity index (χ0n) is 15.3. The van der Waals surface area contributed by atoms with Crippen LogP contribution in [0.1, 0.15) is 26.7 Å². The Labute approximate surface area is 148 Å². The number of carbonyl (C=O) groups excluding carboxylic acids is 2. The monoisotopic (exact) mass is 349 g/mol. The molecular weight excluding hydrogens is 322 g/mol. The molecule has 7 heteroatoms. The largest absolute Gasteiger partial charge is 0.497 e. The number of anilines is 1. The zero-order chi connectivity index (χ0) is 18.4. The first-order valence-electron chi connectivity index (χ1n) is 8.53. The zero-order valence-corrected chi connectivity index (χ0v) is 15.3. The molecule has 0 unspecified atom stereocenters. The van der Waals surface area contributed by atoms with Crippen LogP contribution >= 0.6 is 0 Å². The second-order valence-electron chi connectivity index (χ2n) is 6.42. The second-order valence-corrected chi connectivity index (χ2v) is 6.42. The predicted octanol–water partition coefficient (Wildman–Crippen LogP) is 2.47. The molecule has 3 amide bonds. The minimum absolute atomic E-state index is 0.0597. The van der Waals surface area contributed by atoms with E-state index in [1.54, 1.807) is 37.3 Å². The average molecular weight is 349 g/mol. The van der Waals surface area contributed by atoms with Gasteiger partial charge in [-0.15, -0.1) is 0 Å². The Morgan fingerprint density at radius 1 is 1.16 bits per heavy atom. The van der Waals surface area contributed by atoms with Gasteiger partial charge in [0.15, 0.2) is 0 Å². The van der Waals surface area contributed by atoms with Crippen molar-refractivity contribution in [3.63, 3.8) is 0 Å².